The minimum atomic E-state index is 0.620. The Morgan fingerprint density at radius 1 is 0.352 bits per heavy atom. The number of aromatic nitrogens is 1. The van der Waals surface area contributed by atoms with E-state index in [0.29, 0.717) is 5.89 Å². The minimum absolute atomic E-state index is 0.620. The smallest absolute Gasteiger partial charge is 0.227 e. The van der Waals surface area contributed by atoms with Crippen molar-refractivity contribution in [2.45, 2.75) is 0 Å². The number of anilines is 3. The SMILES string of the molecule is c1ccc(-c2ccccc2N(c2ccc(-c3cccc4nc(-c5ccc6ccccc6c5)oc34)cc2)c2cccc(-c3ccc4ccccc4c3)c2)cc1. The Bertz CT molecular complexity index is 2940. The van der Waals surface area contributed by atoms with Crippen molar-refractivity contribution < 1.29 is 4.42 Å². The molecule has 9 aromatic carbocycles. The molecule has 0 saturated carbocycles. The molecule has 0 aliphatic carbocycles. The van der Waals surface area contributed by atoms with Gasteiger partial charge in [-0.3, -0.25) is 0 Å². The van der Waals surface area contributed by atoms with Crippen LogP contribution >= 0.6 is 0 Å². The zero-order valence-electron chi connectivity index (χ0n) is 29.4. The molecule has 0 fully saturated rings. The highest BCUT2D eigenvalue weighted by atomic mass is 16.3. The van der Waals surface area contributed by atoms with Crippen LogP contribution in [0.15, 0.2) is 211 Å². The van der Waals surface area contributed by atoms with Crippen LogP contribution in [0.4, 0.5) is 17.1 Å². The lowest BCUT2D eigenvalue weighted by atomic mass is 9.99. The van der Waals surface area contributed by atoms with Crippen LogP contribution in [-0.2, 0) is 0 Å². The second kappa shape index (κ2) is 13.4. The first-order valence-corrected chi connectivity index (χ1v) is 18.3. The van der Waals surface area contributed by atoms with E-state index < -0.39 is 0 Å². The summed E-state index contributed by atoms with van der Waals surface area (Å²) in [4.78, 5) is 7.28. The van der Waals surface area contributed by atoms with E-state index in [4.69, 9.17) is 9.40 Å². The Kier molecular flexibility index (Phi) is 7.81. The third kappa shape index (κ3) is 5.78. The lowest BCUT2D eigenvalue weighted by molar-refractivity contribution is 0.621. The molecule has 0 spiro atoms. The maximum Gasteiger partial charge on any atom is 0.227 e. The standard InChI is InChI=1S/C51H34N2O/c1-2-14-37(15-3-1)46-20-8-9-23-49(46)53(45-19-10-18-41(34-45)42-26-24-35-12-4-6-16-39(35)32-42)44-30-28-38(29-31-44)47-21-11-22-48-50(47)54-51(52-48)43-27-25-36-13-5-7-17-40(36)33-43/h1-34H. The topological polar surface area (TPSA) is 29.3 Å². The van der Waals surface area contributed by atoms with Crippen molar-refractivity contribution in [1.82, 2.24) is 4.98 Å². The third-order valence-electron chi connectivity index (χ3n) is 10.3. The van der Waals surface area contributed by atoms with Gasteiger partial charge < -0.3 is 9.32 Å². The number of para-hydroxylation sites is 2. The third-order valence-corrected chi connectivity index (χ3v) is 10.3. The van der Waals surface area contributed by atoms with Crippen LogP contribution in [0.25, 0.3) is 77.5 Å². The number of benzene rings is 9. The maximum absolute atomic E-state index is 6.53. The van der Waals surface area contributed by atoms with Crippen molar-refractivity contribution in [2.75, 3.05) is 4.90 Å². The summed E-state index contributed by atoms with van der Waals surface area (Å²) >= 11 is 0. The number of nitrogens with zero attached hydrogens (tertiary/aromatic N) is 2. The fraction of sp³-hybridized carbons (Fsp3) is 0. The normalized spacial score (nSPS) is 11.3. The van der Waals surface area contributed by atoms with E-state index in [0.717, 1.165) is 61.4 Å². The van der Waals surface area contributed by atoms with Gasteiger partial charge >= 0.3 is 0 Å². The predicted molar refractivity (Wildman–Crippen MR) is 225 cm³/mol. The van der Waals surface area contributed by atoms with Gasteiger partial charge in [-0.2, -0.15) is 0 Å². The Labute approximate surface area is 314 Å². The molecule has 0 radical (unpaired) electrons. The first-order valence-electron chi connectivity index (χ1n) is 18.3. The Morgan fingerprint density at radius 3 is 1.69 bits per heavy atom. The summed E-state index contributed by atoms with van der Waals surface area (Å²) in [5, 5.41) is 4.82. The van der Waals surface area contributed by atoms with Crippen molar-refractivity contribution in [2.24, 2.45) is 0 Å². The first kappa shape index (κ1) is 31.5. The van der Waals surface area contributed by atoms with Crippen molar-refractivity contribution in [3.63, 3.8) is 0 Å². The first-order chi connectivity index (χ1) is 26.7. The van der Waals surface area contributed by atoms with E-state index in [1.54, 1.807) is 0 Å². The summed E-state index contributed by atoms with van der Waals surface area (Å²) in [5.41, 5.74) is 12.6. The van der Waals surface area contributed by atoms with Gasteiger partial charge in [-0.05, 0) is 98.4 Å². The maximum atomic E-state index is 6.53. The van der Waals surface area contributed by atoms with Crippen molar-refractivity contribution in [3.8, 4) is 44.8 Å². The molecule has 0 amide bonds. The lowest BCUT2D eigenvalue weighted by Crippen LogP contribution is -2.11. The molecule has 1 aromatic heterocycles. The fourth-order valence-corrected chi connectivity index (χ4v) is 7.56. The summed E-state index contributed by atoms with van der Waals surface area (Å²) in [6.07, 6.45) is 0. The highest BCUT2D eigenvalue weighted by Crippen LogP contribution is 2.43. The monoisotopic (exact) mass is 690 g/mol. The number of fused-ring (bicyclic) bond motifs is 3. The van der Waals surface area contributed by atoms with Gasteiger partial charge in [-0.15, -0.1) is 0 Å². The van der Waals surface area contributed by atoms with Gasteiger partial charge in [0.15, 0.2) is 5.58 Å². The van der Waals surface area contributed by atoms with Gasteiger partial charge in [0.2, 0.25) is 5.89 Å². The molecule has 0 aliphatic heterocycles. The highest BCUT2D eigenvalue weighted by molar-refractivity contribution is 5.95. The summed E-state index contributed by atoms with van der Waals surface area (Å²) in [6, 6.07) is 73.0. The average Bonchev–Trinajstić information content (AvgIpc) is 3.69. The number of oxazole rings is 1. The Balaban J connectivity index is 1.07. The molecule has 0 bridgehead atoms. The molecule has 10 rings (SSSR count). The lowest BCUT2D eigenvalue weighted by Gasteiger charge is -2.28. The molecule has 3 nitrogen and oxygen atoms in total. The summed E-state index contributed by atoms with van der Waals surface area (Å²) in [5.74, 6) is 0.620. The average molecular weight is 691 g/mol. The summed E-state index contributed by atoms with van der Waals surface area (Å²) in [7, 11) is 0. The Hall–Kier alpha value is -7.23. The van der Waals surface area contributed by atoms with E-state index >= 15 is 0 Å². The number of hydrogen-bond donors (Lipinski definition) is 0. The van der Waals surface area contributed by atoms with Gasteiger partial charge in [0.25, 0.3) is 0 Å². The van der Waals surface area contributed by atoms with E-state index in [2.05, 4.69) is 205 Å². The van der Waals surface area contributed by atoms with Crippen molar-refractivity contribution >= 4 is 49.7 Å². The molecule has 0 aliphatic rings. The van der Waals surface area contributed by atoms with Crippen molar-refractivity contribution in [1.29, 1.82) is 0 Å². The zero-order chi connectivity index (χ0) is 35.8. The molecular formula is C51H34N2O. The Morgan fingerprint density at radius 2 is 0.907 bits per heavy atom. The molecule has 0 saturated heterocycles. The quantitative estimate of drug-likeness (QED) is 0.167. The van der Waals surface area contributed by atoms with Crippen LogP contribution < -0.4 is 4.90 Å². The van der Waals surface area contributed by atoms with Crippen LogP contribution in [0.1, 0.15) is 0 Å². The van der Waals surface area contributed by atoms with Crippen LogP contribution in [0, 0.1) is 0 Å². The van der Waals surface area contributed by atoms with E-state index in [1.165, 1.54) is 27.3 Å². The van der Waals surface area contributed by atoms with Gasteiger partial charge in [0.05, 0.1) is 5.69 Å². The highest BCUT2D eigenvalue weighted by Gasteiger charge is 2.19. The zero-order valence-corrected chi connectivity index (χ0v) is 29.4. The predicted octanol–water partition coefficient (Wildman–Crippen LogP) is 14.3. The molecule has 10 aromatic rings. The van der Waals surface area contributed by atoms with E-state index in [-0.39, 0.29) is 0 Å². The molecule has 1 heterocycles. The number of rotatable bonds is 7. The second-order valence-corrected chi connectivity index (χ2v) is 13.6. The largest absolute Gasteiger partial charge is 0.435 e. The van der Waals surface area contributed by atoms with Crippen LogP contribution in [0.2, 0.25) is 0 Å². The van der Waals surface area contributed by atoms with Gasteiger partial charge in [0.1, 0.15) is 5.52 Å². The van der Waals surface area contributed by atoms with Gasteiger partial charge in [-0.1, -0.05) is 152 Å². The molecule has 254 valence electrons. The van der Waals surface area contributed by atoms with E-state index in [9.17, 15) is 0 Å². The molecule has 0 N–H and O–H groups in total. The fourth-order valence-electron chi connectivity index (χ4n) is 7.56. The van der Waals surface area contributed by atoms with Crippen LogP contribution in [0.3, 0.4) is 0 Å². The summed E-state index contributed by atoms with van der Waals surface area (Å²) < 4.78 is 6.53. The molecular weight excluding hydrogens is 657 g/mol. The second-order valence-electron chi connectivity index (χ2n) is 13.6. The van der Waals surface area contributed by atoms with Crippen LogP contribution in [-0.4, -0.2) is 4.98 Å². The molecule has 54 heavy (non-hydrogen) atoms. The van der Waals surface area contributed by atoms with Gasteiger partial charge in [-0.25, -0.2) is 4.98 Å². The molecule has 0 atom stereocenters. The van der Waals surface area contributed by atoms with Crippen molar-refractivity contribution in [3.05, 3.63) is 206 Å². The summed E-state index contributed by atoms with van der Waals surface area (Å²) in [6.45, 7) is 0. The number of hydrogen-bond acceptors (Lipinski definition) is 3. The van der Waals surface area contributed by atoms with E-state index in [1.807, 2.05) is 6.07 Å². The molecule has 3 heteroatoms. The van der Waals surface area contributed by atoms with Crippen LogP contribution in [0.5, 0.6) is 0 Å². The van der Waals surface area contributed by atoms with Gasteiger partial charge in [0, 0.05) is 28.1 Å². The molecule has 0 unspecified atom stereocenters. The minimum Gasteiger partial charge on any atom is -0.435 e.